The van der Waals surface area contributed by atoms with Gasteiger partial charge in [0.25, 0.3) is 0 Å². The van der Waals surface area contributed by atoms with Crippen molar-refractivity contribution in [2.75, 3.05) is 5.43 Å². The molecule has 0 aliphatic carbocycles. The van der Waals surface area contributed by atoms with E-state index >= 15 is 0 Å². The molecule has 16 heavy (non-hydrogen) atoms. The maximum Gasteiger partial charge on any atom is 0.163 e. The Morgan fingerprint density at radius 1 is 1.31 bits per heavy atom. The lowest BCUT2D eigenvalue weighted by Crippen LogP contribution is -2.09. The molecule has 0 fully saturated rings. The summed E-state index contributed by atoms with van der Waals surface area (Å²) in [5.41, 5.74) is 4.64. The van der Waals surface area contributed by atoms with Crippen LogP contribution in [0, 0.1) is 11.3 Å². The lowest BCUT2D eigenvalue weighted by atomic mass is 10.0. The predicted octanol–water partition coefficient (Wildman–Crippen LogP) is 1.30. The Morgan fingerprint density at radius 3 is 2.88 bits per heavy atom. The number of nitrogen functional groups attached to an aromatic ring is 1. The molecule has 0 spiro atoms. The number of benzene rings is 1. The Hall–Kier alpha value is -2.45. The van der Waals surface area contributed by atoms with Crippen molar-refractivity contribution >= 4 is 5.82 Å². The van der Waals surface area contributed by atoms with Gasteiger partial charge in [-0.3, -0.25) is 0 Å². The first-order valence-corrected chi connectivity index (χ1v) is 4.64. The molecule has 2 rings (SSSR count). The Labute approximate surface area is 92.5 Å². The van der Waals surface area contributed by atoms with E-state index in [0.29, 0.717) is 11.4 Å². The van der Waals surface area contributed by atoms with E-state index in [2.05, 4.69) is 21.7 Å². The van der Waals surface area contributed by atoms with E-state index in [0.717, 1.165) is 11.1 Å². The van der Waals surface area contributed by atoms with Crippen LogP contribution in [0.3, 0.4) is 0 Å². The summed E-state index contributed by atoms with van der Waals surface area (Å²) in [7, 11) is 0. The number of rotatable bonds is 2. The summed E-state index contributed by atoms with van der Waals surface area (Å²) in [5.74, 6) is 5.71. The summed E-state index contributed by atoms with van der Waals surface area (Å²) < 4.78 is 0. The topological polar surface area (TPSA) is 87.6 Å². The maximum atomic E-state index is 8.98. The molecule has 2 aromatic rings. The Bertz CT molecular complexity index is 544. The number of hydrogen-bond acceptors (Lipinski definition) is 5. The third-order valence-electron chi connectivity index (χ3n) is 2.16. The molecule has 1 heterocycles. The minimum atomic E-state index is 0.463. The number of aromatic nitrogens is 2. The number of nitrogens with one attached hydrogen (secondary N) is 1. The third kappa shape index (κ3) is 1.82. The highest BCUT2D eigenvalue weighted by Gasteiger charge is 2.05. The molecule has 0 unspecified atom stereocenters. The Kier molecular flexibility index (Phi) is 2.76. The van der Waals surface area contributed by atoms with Crippen molar-refractivity contribution in [3.8, 4) is 17.2 Å². The first kappa shape index (κ1) is 10.1. The molecule has 0 atom stereocenters. The van der Waals surface area contributed by atoms with Gasteiger partial charge in [-0.1, -0.05) is 18.2 Å². The average molecular weight is 211 g/mol. The SMILES string of the molecule is N#Cc1ccccc1-c1cnnc(NN)c1. The van der Waals surface area contributed by atoms with Crippen LogP contribution in [0.2, 0.25) is 0 Å². The van der Waals surface area contributed by atoms with Crippen LogP contribution in [0.15, 0.2) is 36.5 Å². The predicted molar refractivity (Wildman–Crippen MR) is 60.0 cm³/mol. The number of nitrogens with two attached hydrogens (primary N) is 1. The van der Waals surface area contributed by atoms with E-state index < -0.39 is 0 Å². The van der Waals surface area contributed by atoms with E-state index in [1.54, 1.807) is 18.3 Å². The van der Waals surface area contributed by atoms with Gasteiger partial charge in [0.1, 0.15) is 0 Å². The minimum Gasteiger partial charge on any atom is -0.307 e. The first-order valence-electron chi connectivity index (χ1n) is 4.64. The average Bonchev–Trinajstić information content (AvgIpc) is 2.38. The van der Waals surface area contributed by atoms with Gasteiger partial charge in [0.15, 0.2) is 5.82 Å². The molecule has 0 bridgehead atoms. The summed E-state index contributed by atoms with van der Waals surface area (Å²) in [6.07, 6.45) is 1.59. The third-order valence-corrected chi connectivity index (χ3v) is 2.16. The maximum absolute atomic E-state index is 8.98. The smallest absolute Gasteiger partial charge is 0.163 e. The van der Waals surface area contributed by atoms with E-state index in [1.165, 1.54) is 0 Å². The van der Waals surface area contributed by atoms with E-state index in [4.69, 9.17) is 11.1 Å². The normalized spacial score (nSPS) is 9.50. The van der Waals surface area contributed by atoms with Gasteiger partial charge in [0, 0.05) is 11.1 Å². The quantitative estimate of drug-likeness (QED) is 0.577. The fourth-order valence-electron chi connectivity index (χ4n) is 1.42. The van der Waals surface area contributed by atoms with Gasteiger partial charge in [-0.2, -0.15) is 10.4 Å². The Morgan fingerprint density at radius 2 is 2.12 bits per heavy atom. The molecule has 78 valence electrons. The summed E-state index contributed by atoms with van der Waals surface area (Å²) in [6.45, 7) is 0. The highest BCUT2D eigenvalue weighted by atomic mass is 15.3. The van der Waals surface area contributed by atoms with Crippen molar-refractivity contribution in [2.45, 2.75) is 0 Å². The van der Waals surface area contributed by atoms with Gasteiger partial charge in [-0.25, -0.2) is 5.84 Å². The monoisotopic (exact) mass is 211 g/mol. The fourth-order valence-corrected chi connectivity index (χ4v) is 1.42. The van der Waals surface area contributed by atoms with Crippen molar-refractivity contribution in [1.82, 2.24) is 10.2 Å². The zero-order valence-corrected chi connectivity index (χ0v) is 8.38. The molecule has 3 N–H and O–H groups in total. The molecular formula is C11H9N5. The molecule has 5 nitrogen and oxygen atoms in total. The van der Waals surface area contributed by atoms with Gasteiger partial charge in [-0.05, 0) is 12.1 Å². The van der Waals surface area contributed by atoms with Crippen molar-refractivity contribution in [1.29, 1.82) is 5.26 Å². The van der Waals surface area contributed by atoms with Crippen LogP contribution in [0.5, 0.6) is 0 Å². The molecule has 0 amide bonds. The number of hydrazine groups is 1. The lowest BCUT2D eigenvalue weighted by Gasteiger charge is -2.04. The van der Waals surface area contributed by atoms with E-state index in [9.17, 15) is 0 Å². The second kappa shape index (κ2) is 4.38. The van der Waals surface area contributed by atoms with Gasteiger partial charge in [0.2, 0.25) is 0 Å². The van der Waals surface area contributed by atoms with Crippen LogP contribution < -0.4 is 11.3 Å². The molecule has 0 saturated carbocycles. The molecule has 0 saturated heterocycles. The molecule has 0 aliphatic rings. The highest BCUT2D eigenvalue weighted by molar-refractivity contribution is 5.71. The fraction of sp³-hybridized carbons (Fsp3) is 0. The van der Waals surface area contributed by atoms with Crippen molar-refractivity contribution < 1.29 is 0 Å². The van der Waals surface area contributed by atoms with Crippen molar-refractivity contribution in [3.63, 3.8) is 0 Å². The molecule has 5 heteroatoms. The molecular weight excluding hydrogens is 202 g/mol. The van der Waals surface area contributed by atoms with Crippen LogP contribution in [0.25, 0.3) is 11.1 Å². The van der Waals surface area contributed by atoms with E-state index in [-0.39, 0.29) is 0 Å². The number of nitrogens with zero attached hydrogens (tertiary/aromatic N) is 3. The van der Waals surface area contributed by atoms with Crippen molar-refractivity contribution in [2.24, 2.45) is 5.84 Å². The standard InChI is InChI=1S/C11H9N5/c12-6-8-3-1-2-4-10(8)9-5-11(15-13)16-14-7-9/h1-5,7H,13H2,(H,15,16). The summed E-state index contributed by atoms with van der Waals surface area (Å²) in [6, 6.07) is 11.2. The number of hydrogen-bond donors (Lipinski definition) is 2. The first-order chi connectivity index (χ1) is 7.85. The zero-order valence-electron chi connectivity index (χ0n) is 8.38. The van der Waals surface area contributed by atoms with Gasteiger partial charge >= 0.3 is 0 Å². The van der Waals surface area contributed by atoms with Crippen molar-refractivity contribution in [3.05, 3.63) is 42.1 Å². The highest BCUT2D eigenvalue weighted by Crippen LogP contribution is 2.23. The lowest BCUT2D eigenvalue weighted by molar-refractivity contribution is 1.02. The molecule has 0 radical (unpaired) electrons. The van der Waals surface area contributed by atoms with Crippen LogP contribution in [0.1, 0.15) is 5.56 Å². The largest absolute Gasteiger partial charge is 0.307 e. The number of anilines is 1. The second-order valence-corrected chi connectivity index (χ2v) is 3.13. The van der Waals surface area contributed by atoms with Crippen LogP contribution in [-0.2, 0) is 0 Å². The summed E-state index contributed by atoms with van der Waals surface area (Å²) in [5, 5.41) is 16.6. The van der Waals surface area contributed by atoms with Gasteiger partial charge < -0.3 is 5.43 Å². The molecule has 1 aromatic carbocycles. The number of nitriles is 1. The van der Waals surface area contributed by atoms with Gasteiger partial charge in [-0.15, -0.1) is 5.10 Å². The molecule has 0 aliphatic heterocycles. The Balaban J connectivity index is 2.55. The van der Waals surface area contributed by atoms with Crippen LogP contribution in [-0.4, -0.2) is 10.2 Å². The summed E-state index contributed by atoms with van der Waals surface area (Å²) in [4.78, 5) is 0. The second-order valence-electron chi connectivity index (χ2n) is 3.13. The summed E-state index contributed by atoms with van der Waals surface area (Å²) >= 11 is 0. The van der Waals surface area contributed by atoms with Crippen LogP contribution >= 0.6 is 0 Å². The van der Waals surface area contributed by atoms with E-state index in [1.807, 2.05) is 18.2 Å². The minimum absolute atomic E-state index is 0.463. The van der Waals surface area contributed by atoms with Gasteiger partial charge in [0.05, 0.1) is 17.8 Å². The van der Waals surface area contributed by atoms with Crippen LogP contribution in [0.4, 0.5) is 5.82 Å². The zero-order chi connectivity index (χ0) is 11.4. The molecule has 1 aromatic heterocycles.